The van der Waals surface area contributed by atoms with Gasteiger partial charge < -0.3 is 15.0 Å². The highest BCUT2D eigenvalue weighted by molar-refractivity contribution is 5.76. The molecule has 5 nitrogen and oxygen atoms in total. The van der Waals surface area contributed by atoms with E-state index in [1.165, 1.54) is 32.1 Å². The molecule has 1 atom stereocenters. The van der Waals surface area contributed by atoms with Crippen LogP contribution in [0, 0.1) is 5.92 Å². The van der Waals surface area contributed by atoms with Crippen LogP contribution in [0.5, 0.6) is 5.75 Å². The van der Waals surface area contributed by atoms with Crippen LogP contribution in [-0.4, -0.2) is 62.6 Å². The van der Waals surface area contributed by atoms with E-state index in [0.717, 1.165) is 44.0 Å². The minimum atomic E-state index is 0.0374. The SMILES string of the molecule is COc1ccc(C(CN2CCN(C)CC2)NC(=O)CC2CCCCC2)cc1. The van der Waals surface area contributed by atoms with Crippen LogP contribution >= 0.6 is 0 Å². The average Bonchev–Trinajstić information content (AvgIpc) is 2.70. The summed E-state index contributed by atoms with van der Waals surface area (Å²) in [5, 5.41) is 3.34. The van der Waals surface area contributed by atoms with Gasteiger partial charge in [0.15, 0.2) is 0 Å². The highest BCUT2D eigenvalue weighted by atomic mass is 16.5. The Morgan fingerprint density at radius 1 is 1.11 bits per heavy atom. The smallest absolute Gasteiger partial charge is 0.220 e. The summed E-state index contributed by atoms with van der Waals surface area (Å²) in [6, 6.07) is 8.18. The van der Waals surface area contributed by atoms with Gasteiger partial charge in [-0.3, -0.25) is 9.69 Å². The number of nitrogens with zero attached hydrogens (tertiary/aromatic N) is 2. The molecule has 5 heteroatoms. The lowest BCUT2D eigenvalue weighted by molar-refractivity contribution is -0.123. The van der Waals surface area contributed by atoms with Gasteiger partial charge in [-0.2, -0.15) is 0 Å². The molecular formula is C22H35N3O2. The van der Waals surface area contributed by atoms with E-state index >= 15 is 0 Å². The number of ether oxygens (including phenoxy) is 1. The Bertz CT molecular complexity index is 576. The first kappa shape index (κ1) is 20.2. The topological polar surface area (TPSA) is 44.8 Å². The van der Waals surface area contributed by atoms with Crippen LogP contribution in [0.15, 0.2) is 24.3 Å². The quantitative estimate of drug-likeness (QED) is 0.798. The molecule has 2 fully saturated rings. The normalized spacial score (nSPS) is 21.0. The summed E-state index contributed by atoms with van der Waals surface area (Å²) in [6.07, 6.45) is 6.98. The zero-order chi connectivity index (χ0) is 19.1. The number of hydrogen-bond acceptors (Lipinski definition) is 4. The molecule has 3 rings (SSSR count). The molecule has 0 bridgehead atoms. The second kappa shape index (κ2) is 10.1. The number of rotatable bonds is 7. The number of methoxy groups -OCH3 is 1. The zero-order valence-electron chi connectivity index (χ0n) is 17.0. The number of likely N-dealkylation sites (N-methyl/N-ethyl adjacent to an activating group) is 1. The molecule has 27 heavy (non-hydrogen) atoms. The summed E-state index contributed by atoms with van der Waals surface area (Å²) in [7, 11) is 3.85. The van der Waals surface area contributed by atoms with Crippen LogP contribution in [-0.2, 0) is 4.79 Å². The first-order valence-corrected chi connectivity index (χ1v) is 10.5. The van der Waals surface area contributed by atoms with E-state index < -0.39 is 0 Å². The van der Waals surface area contributed by atoms with Crippen LogP contribution in [0.4, 0.5) is 0 Å². The fourth-order valence-electron chi connectivity index (χ4n) is 4.27. The van der Waals surface area contributed by atoms with Gasteiger partial charge in [-0.25, -0.2) is 0 Å². The van der Waals surface area contributed by atoms with E-state index in [1.807, 2.05) is 12.1 Å². The first-order chi connectivity index (χ1) is 13.1. The second-order valence-corrected chi connectivity index (χ2v) is 8.21. The second-order valence-electron chi connectivity index (χ2n) is 8.21. The van der Waals surface area contributed by atoms with Crippen molar-refractivity contribution in [3.8, 4) is 5.75 Å². The van der Waals surface area contributed by atoms with Gasteiger partial charge >= 0.3 is 0 Å². The van der Waals surface area contributed by atoms with Crippen molar-refractivity contribution in [2.75, 3.05) is 46.9 Å². The van der Waals surface area contributed by atoms with Crippen LogP contribution < -0.4 is 10.1 Å². The Hall–Kier alpha value is -1.59. The van der Waals surface area contributed by atoms with E-state index in [2.05, 4.69) is 34.3 Å². The van der Waals surface area contributed by atoms with Crippen molar-refractivity contribution in [3.05, 3.63) is 29.8 Å². The molecule has 1 unspecified atom stereocenters. The van der Waals surface area contributed by atoms with Crippen molar-refractivity contribution in [2.24, 2.45) is 5.92 Å². The fourth-order valence-corrected chi connectivity index (χ4v) is 4.27. The summed E-state index contributed by atoms with van der Waals surface area (Å²) in [5.41, 5.74) is 1.16. The van der Waals surface area contributed by atoms with Crippen LogP contribution in [0.1, 0.15) is 50.1 Å². The first-order valence-electron chi connectivity index (χ1n) is 10.5. The lowest BCUT2D eigenvalue weighted by Crippen LogP contribution is -2.48. The molecule has 1 aliphatic heterocycles. The largest absolute Gasteiger partial charge is 0.497 e. The lowest BCUT2D eigenvalue weighted by Gasteiger charge is -2.35. The average molecular weight is 374 g/mol. The van der Waals surface area contributed by atoms with Crippen LogP contribution in [0.2, 0.25) is 0 Å². The molecule has 1 amide bonds. The van der Waals surface area contributed by atoms with Crippen molar-refractivity contribution in [3.63, 3.8) is 0 Å². The maximum absolute atomic E-state index is 12.7. The lowest BCUT2D eigenvalue weighted by atomic mass is 9.86. The third kappa shape index (κ3) is 6.22. The summed E-state index contributed by atoms with van der Waals surface area (Å²) >= 11 is 0. The fraction of sp³-hybridized carbons (Fsp3) is 0.682. The van der Waals surface area contributed by atoms with Crippen LogP contribution in [0.25, 0.3) is 0 Å². The maximum Gasteiger partial charge on any atom is 0.220 e. The summed E-state index contributed by atoms with van der Waals surface area (Å²) in [6.45, 7) is 5.16. The van der Waals surface area contributed by atoms with Crippen molar-refractivity contribution in [2.45, 2.75) is 44.6 Å². The molecule has 0 spiro atoms. The molecule has 1 heterocycles. The molecule has 1 aromatic rings. The minimum absolute atomic E-state index is 0.0374. The van der Waals surface area contributed by atoms with Gasteiger partial charge in [-0.15, -0.1) is 0 Å². The molecule has 0 radical (unpaired) electrons. The van der Waals surface area contributed by atoms with E-state index in [-0.39, 0.29) is 11.9 Å². The number of piperazine rings is 1. The number of carbonyl (C=O) groups excluding carboxylic acids is 1. The number of nitrogens with one attached hydrogen (secondary N) is 1. The van der Waals surface area contributed by atoms with Crippen molar-refractivity contribution in [1.29, 1.82) is 0 Å². The molecule has 1 aromatic carbocycles. The Morgan fingerprint density at radius 3 is 2.41 bits per heavy atom. The Kier molecular flexibility index (Phi) is 7.53. The highest BCUT2D eigenvalue weighted by Gasteiger charge is 2.23. The summed E-state index contributed by atoms with van der Waals surface area (Å²) in [5.74, 6) is 1.63. The molecule has 1 aliphatic carbocycles. The molecule has 1 N–H and O–H groups in total. The maximum atomic E-state index is 12.7. The van der Waals surface area contributed by atoms with Gasteiger partial charge in [-0.05, 0) is 43.5 Å². The van der Waals surface area contributed by atoms with E-state index in [1.54, 1.807) is 7.11 Å². The summed E-state index contributed by atoms with van der Waals surface area (Å²) in [4.78, 5) is 17.6. The predicted octanol–water partition coefficient (Wildman–Crippen LogP) is 3.07. The molecular weight excluding hydrogens is 338 g/mol. The van der Waals surface area contributed by atoms with Crippen LogP contribution in [0.3, 0.4) is 0 Å². The van der Waals surface area contributed by atoms with Gasteiger partial charge in [0.2, 0.25) is 5.91 Å². The van der Waals surface area contributed by atoms with Gasteiger partial charge in [-0.1, -0.05) is 31.4 Å². The highest BCUT2D eigenvalue weighted by Crippen LogP contribution is 2.27. The molecule has 150 valence electrons. The van der Waals surface area contributed by atoms with E-state index in [9.17, 15) is 4.79 Å². The third-order valence-corrected chi connectivity index (χ3v) is 6.09. The van der Waals surface area contributed by atoms with Crippen molar-refractivity contribution in [1.82, 2.24) is 15.1 Å². The molecule has 2 aliphatic rings. The minimum Gasteiger partial charge on any atom is -0.497 e. The standard InChI is InChI=1S/C22H35N3O2/c1-24-12-14-25(15-13-24)17-21(19-8-10-20(27-2)11-9-19)23-22(26)16-18-6-4-3-5-7-18/h8-11,18,21H,3-7,12-17H2,1-2H3,(H,23,26). The van der Waals surface area contributed by atoms with Gasteiger partial charge in [0, 0.05) is 39.1 Å². The predicted molar refractivity (Wildman–Crippen MR) is 109 cm³/mol. The Labute approximate surface area is 164 Å². The molecule has 0 aromatic heterocycles. The van der Waals surface area contributed by atoms with Crippen molar-refractivity contribution < 1.29 is 9.53 Å². The Balaban J connectivity index is 1.63. The van der Waals surface area contributed by atoms with Crippen molar-refractivity contribution >= 4 is 5.91 Å². The monoisotopic (exact) mass is 373 g/mol. The third-order valence-electron chi connectivity index (χ3n) is 6.09. The number of hydrogen-bond donors (Lipinski definition) is 1. The van der Waals surface area contributed by atoms with Gasteiger partial charge in [0.05, 0.1) is 13.2 Å². The number of amides is 1. The van der Waals surface area contributed by atoms with Gasteiger partial charge in [0.1, 0.15) is 5.75 Å². The van der Waals surface area contributed by atoms with Gasteiger partial charge in [0.25, 0.3) is 0 Å². The molecule has 1 saturated carbocycles. The zero-order valence-corrected chi connectivity index (χ0v) is 17.0. The van der Waals surface area contributed by atoms with E-state index in [4.69, 9.17) is 4.74 Å². The Morgan fingerprint density at radius 2 is 1.78 bits per heavy atom. The van der Waals surface area contributed by atoms with E-state index in [0.29, 0.717) is 12.3 Å². The molecule has 1 saturated heterocycles. The summed E-state index contributed by atoms with van der Waals surface area (Å²) < 4.78 is 5.29. The number of benzene rings is 1. The number of carbonyl (C=O) groups is 1.